The highest BCUT2D eigenvalue weighted by Crippen LogP contribution is 2.16. The van der Waals surface area contributed by atoms with E-state index in [9.17, 15) is 4.79 Å². The fourth-order valence-electron chi connectivity index (χ4n) is 1.16. The molecule has 0 bridgehead atoms. The van der Waals surface area contributed by atoms with Crippen molar-refractivity contribution < 1.29 is 4.79 Å². The van der Waals surface area contributed by atoms with E-state index in [1.807, 2.05) is 0 Å². The second kappa shape index (κ2) is 5.01. The number of ketones is 1. The highest BCUT2D eigenvalue weighted by molar-refractivity contribution is 7.03. The maximum atomic E-state index is 11.7. The van der Waals surface area contributed by atoms with Gasteiger partial charge in [0.15, 0.2) is 5.78 Å². The van der Waals surface area contributed by atoms with Gasteiger partial charge in [0.05, 0.1) is 10.7 Å². The van der Waals surface area contributed by atoms with E-state index >= 15 is 0 Å². The molecule has 16 heavy (non-hydrogen) atoms. The number of carbonyl (C=O) groups excluding carboxylic acids is 1. The molecule has 2 aromatic rings. The van der Waals surface area contributed by atoms with Crippen LogP contribution in [-0.4, -0.2) is 15.4 Å². The van der Waals surface area contributed by atoms with Crippen LogP contribution in [0, 0.1) is 0 Å². The van der Waals surface area contributed by atoms with Gasteiger partial charge in [0, 0.05) is 10.9 Å². The summed E-state index contributed by atoms with van der Waals surface area (Å²) in [4.78, 5) is 11.7. The first-order valence-electron chi connectivity index (χ1n) is 4.51. The van der Waals surface area contributed by atoms with Gasteiger partial charge in [0.25, 0.3) is 0 Å². The standard InChI is InChI=1S/C11H7ClN2OS/c12-10-4-2-1-3-9(10)11(15)6-5-8-7-16-14-13-8/h1-7H/b6-5-. The number of hydrogen-bond acceptors (Lipinski definition) is 4. The fourth-order valence-corrected chi connectivity index (χ4v) is 1.81. The van der Waals surface area contributed by atoms with Crippen LogP contribution in [0.3, 0.4) is 0 Å². The second-order valence-corrected chi connectivity index (χ2v) is 4.02. The Morgan fingerprint density at radius 3 is 2.88 bits per heavy atom. The van der Waals surface area contributed by atoms with Crippen LogP contribution in [0.4, 0.5) is 0 Å². The third kappa shape index (κ3) is 2.53. The molecule has 0 saturated carbocycles. The monoisotopic (exact) mass is 250 g/mol. The average Bonchev–Trinajstić information content (AvgIpc) is 2.79. The van der Waals surface area contributed by atoms with Gasteiger partial charge >= 0.3 is 0 Å². The summed E-state index contributed by atoms with van der Waals surface area (Å²) in [6, 6.07) is 6.94. The molecule has 1 aromatic heterocycles. The van der Waals surface area contributed by atoms with Crippen molar-refractivity contribution in [1.82, 2.24) is 9.59 Å². The van der Waals surface area contributed by atoms with Crippen LogP contribution in [0.25, 0.3) is 6.08 Å². The lowest BCUT2D eigenvalue weighted by Crippen LogP contribution is -1.94. The second-order valence-electron chi connectivity index (χ2n) is 3.01. The van der Waals surface area contributed by atoms with Gasteiger partial charge in [-0.15, -0.1) is 5.10 Å². The largest absolute Gasteiger partial charge is 0.289 e. The van der Waals surface area contributed by atoms with Crippen LogP contribution >= 0.6 is 23.1 Å². The lowest BCUT2D eigenvalue weighted by molar-refractivity contribution is 0.104. The predicted octanol–water partition coefficient (Wildman–Crippen LogP) is 3.09. The van der Waals surface area contributed by atoms with Gasteiger partial charge in [-0.2, -0.15) is 0 Å². The molecule has 0 N–H and O–H groups in total. The van der Waals surface area contributed by atoms with Crippen LogP contribution in [-0.2, 0) is 0 Å². The van der Waals surface area contributed by atoms with E-state index in [0.29, 0.717) is 16.3 Å². The Bertz CT molecular complexity index is 523. The summed E-state index contributed by atoms with van der Waals surface area (Å²) in [5.74, 6) is -0.140. The van der Waals surface area contributed by atoms with Crippen molar-refractivity contribution in [3.05, 3.63) is 52.0 Å². The molecule has 0 aliphatic heterocycles. The number of hydrogen-bond donors (Lipinski definition) is 0. The Hall–Kier alpha value is -1.52. The summed E-state index contributed by atoms with van der Waals surface area (Å²) >= 11 is 7.14. The van der Waals surface area contributed by atoms with Gasteiger partial charge in [0.2, 0.25) is 0 Å². The number of halogens is 1. The molecule has 1 heterocycles. The van der Waals surface area contributed by atoms with E-state index < -0.39 is 0 Å². The molecule has 0 amide bonds. The summed E-state index contributed by atoms with van der Waals surface area (Å²) in [6.07, 6.45) is 3.06. The van der Waals surface area contributed by atoms with Crippen LogP contribution in [0.5, 0.6) is 0 Å². The molecule has 80 valence electrons. The van der Waals surface area contributed by atoms with E-state index in [-0.39, 0.29) is 5.78 Å². The first-order chi connectivity index (χ1) is 7.77. The molecular formula is C11H7ClN2OS. The smallest absolute Gasteiger partial charge is 0.187 e. The number of rotatable bonds is 3. The number of nitrogens with zero attached hydrogens (tertiary/aromatic N) is 2. The third-order valence-electron chi connectivity index (χ3n) is 1.92. The number of allylic oxidation sites excluding steroid dienone is 1. The molecule has 0 aliphatic carbocycles. The van der Waals surface area contributed by atoms with Gasteiger partial charge in [-0.1, -0.05) is 28.2 Å². The Kier molecular flexibility index (Phi) is 3.44. The van der Waals surface area contributed by atoms with Gasteiger partial charge in [0.1, 0.15) is 0 Å². The maximum absolute atomic E-state index is 11.7. The zero-order valence-electron chi connectivity index (χ0n) is 8.13. The van der Waals surface area contributed by atoms with E-state index in [1.165, 1.54) is 17.6 Å². The average molecular weight is 251 g/mol. The van der Waals surface area contributed by atoms with Crippen LogP contribution in [0.2, 0.25) is 5.02 Å². The minimum Gasteiger partial charge on any atom is -0.289 e. The Morgan fingerprint density at radius 2 is 2.19 bits per heavy atom. The van der Waals surface area contributed by atoms with Crippen LogP contribution in [0.1, 0.15) is 16.1 Å². The molecular weight excluding hydrogens is 244 g/mol. The molecule has 1 aromatic carbocycles. The lowest BCUT2D eigenvalue weighted by atomic mass is 10.1. The van der Waals surface area contributed by atoms with Crippen molar-refractivity contribution in [2.45, 2.75) is 0 Å². The Morgan fingerprint density at radius 1 is 1.38 bits per heavy atom. The molecule has 0 spiro atoms. The maximum Gasteiger partial charge on any atom is 0.187 e. The summed E-state index contributed by atoms with van der Waals surface area (Å²) < 4.78 is 3.69. The SMILES string of the molecule is O=C(/C=C\c1csnn1)c1ccccc1Cl. The zero-order valence-corrected chi connectivity index (χ0v) is 9.70. The number of benzene rings is 1. The quantitative estimate of drug-likeness (QED) is 0.621. The highest BCUT2D eigenvalue weighted by Gasteiger charge is 2.05. The number of carbonyl (C=O) groups is 1. The van der Waals surface area contributed by atoms with E-state index in [2.05, 4.69) is 9.59 Å². The van der Waals surface area contributed by atoms with Crippen molar-refractivity contribution >= 4 is 35.0 Å². The topological polar surface area (TPSA) is 42.9 Å². The normalized spacial score (nSPS) is 10.8. The Labute approximate surface area is 102 Å². The first-order valence-corrected chi connectivity index (χ1v) is 5.73. The van der Waals surface area contributed by atoms with Gasteiger partial charge < -0.3 is 0 Å². The van der Waals surface area contributed by atoms with Crippen molar-refractivity contribution in [2.24, 2.45) is 0 Å². The fraction of sp³-hybridized carbons (Fsp3) is 0. The van der Waals surface area contributed by atoms with E-state index in [1.54, 1.807) is 35.7 Å². The first kappa shape index (κ1) is 11.0. The molecule has 5 heteroatoms. The minimum atomic E-state index is -0.140. The highest BCUT2D eigenvalue weighted by atomic mass is 35.5. The lowest BCUT2D eigenvalue weighted by Gasteiger charge is -1.97. The molecule has 0 radical (unpaired) electrons. The van der Waals surface area contributed by atoms with E-state index in [4.69, 9.17) is 11.6 Å². The molecule has 3 nitrogen and oxygen atoms in total. The molecule has 0 saturated heterocycles. The molecule has 0 fully saturated rings. The summed E-state index contributed by atoms with van der Waals surface area (Å²) in [7, 11) is 0. The summed E-state index contributed by atoms with van der Waals surface area (Å²) in [6.45, 7) is 0. The summed E-state index contributed by atoms with van der Waals surface area (Å²) in [5.41, 5.74) is 1.16. The van der Waals surface area contributed by atoms with E-state index in [0.717, 1.165) is 0 Å². The minimum absolute atomic E-state index is 0.140. The number of aromatic nitrogens is 2. The van der Waals surface area contributed by atoms with Gasteiger partial charge in [-0.05, 0) is 35.8 Å². The van der Waals surface area contributed by atoms with Crippen LogP contribution < -0.4 is 0 Å². The third-order valence-corrected chi connectivity index (χ3v) is 2.77. The summed E-state index contributed by atoms with van der Waals surface area (Å²) in [5, 5.41) is 6.01. The van der Waals surface area contributed by atoms with Crippen LogP contribution in [0.15, 0.2) is 35.7 Å². The van der Waals surface area contributed by atoms with Crippen molar-refractivity contribution in [1.29, 1.82) is 0 Å². The van der Waals surface area contributed by atoms with Crippen molar-refractivity contribution in [2.75, 3.05) is 0 Å². The molecule has 2 rings (SSSR count). The predicted molar refractivity (Wildman–Crippen MR) is 64.7 cm³/mol. The molecule has 0 atom stereocenters. The van der Waals surface area contributed by atoms with Gasteiger partial charge in [-0.3, -0.25) is 4.79 Å². The zero-order chi connectivity index (χ0) is 11.4. The Balaban J connectivity index is 2.18. The molecule has 0 unspecified atom stereocenters. The van der Waals surface area contributed by atoms with Gasteiger partial charge in [-0.25, -0.2) is 0 Å². The molecule has 0 aliphatic rings. The van der Waals surface area contributed by atoms with Crippen molar-refractivity contribution in [3.8, 4) is 0 Å². The van der Waals surface area contributed by atoms with Crippen molar-refractivity contribution in [3.63, 3.8) is 0 Å².